The molecule has 4 rings (SSSR count). The van der Waals surface area contributed by atoms with Crippen LogP contribution in [0.5, 0.6) is 0 Å². The molecule has 2 aliphatic heterocycles. The van der Waals surface area contributed by atoms with Crippen molar-refractivity contribution in [2.24, 2.45) is 17.8 Å². The molecule has 25 heavy (non-hydrogen) atoms. The van der Waals surface area contributed by atoms with Crippen LogP contribution < -0.4 is 10.5 Å². The van der Waals surface area contributed by atoms with Crippen molar-refractivity contribution in [2.75, 3.05) is 31.1 Å². The highest BCUT2D eigenvalue weighted by Gasteiger charge is 2.52. The highest BCUT2D eigenvalue weighted by Crippen LogP contribution is 2.44. The summed E-state index contributed by atoms with van der Waals surface area (Å²) in [6.45, 7) is 3.71. The first kappa shape index (κ1) is 16.4. The maximum absolute atomic E-state index is 13.4. The number of carbonyl (C=O) groups is 1. The average molecular weight is 356 g/mol. The third-order valence-corrected chi connectivity index (χ3v) is 5.55. The summed E-state index contributed by atoms with van der Waals surface area (Å²) < 4.78 is 39.3. The van der Waals surface area contributed by atoms with Gasteiger partial charge in [-0.15, -0.1) is 0 Å². The SMILES string of the molecule is Cc1nc(N2CC3CN(C(=O)C4CC(F)(F)C4)CC3C2)[nH]c(=O)c1F. The van der Waals surface area contributed by atoms with Crippen LogP contribution in [0.15, 0.2) is 4.79 Å². The summed E-state index contributed by atoms with van der Waals surface area (Å²) in [7, 11) is 0. The fourth-order valence-electron chi connectivity index (χ4n) is 4.15. The zero-order valence-electron chi connectivity index (χ0n) is 13.8. The van der Waals surface area contributed by atoms with Gasteiger partial charge in [0.25, 0.3) is 5.56 Å². The smallest absolute Gasteiger partial charge is 0.288 e. The van der Waals surface area contributed by atoms with Crippen molar-refractivity contribution in [1.82, 2.24) is 14.9 Å². The first-order chi connectivity index (χ1) is 11.7. The Balaban J connectivity index is 1.39. The van der Waals surface area contributed by atoms with E-state index in [0.717, 1.165) is 0 Å². The number of likely N-dealkylation sites (tertiary alicyclic amines) is 1. The number of anilines is 1. The predicted molar refractivity (Wildman–Crippen MR) is 83.0 cm³/mol. The Bertz CT molecular complexity index is 759. The number of amides is 1. The Hall–Kier alpha value is -2.06. The molecular weight excluding hydrogens is 337 g/mol. The molecule has 0 aromatic carbocycles. The Morgan fingerprint density at radius 1 is 1.20 bits per heavy atom. The van der Waals surface area contributed by atoms with Crippen molar-refractivity contribution in [3.05, 3.63) is 21.9 Å². The minimum absolute atomic E-state index is 0.0542. The van der Waals surface area contributed by atoms with Crippen molar-refractivity contribution >= 4 is 11.9 Å². The monoisotopic (exact) mass is 356 g/mol. The number of nitrogens with zero attached hydrogens (tertiary/aromatic N) is 3. The van der Waals surface area contributed by atoms with E-state index in [2.05, 4.69) is 9.97 Å². The number of aromatic nitrogens is 2. The number of H-pyrrole nitrogens is 1. The number of carbonyl (C=O) groups excluding carboxylic acids is 1. The van der Waals surface area contributed by atoms with E-state index in [9.17, 15) is 22.8 Å². The van der Waals surface area contributed by atoms with E-state index in [1.807, 2.05) is 4.90 Å². The molecule has 1 N–H and O–H groups in total. The number of hydrogen-bond donors (Lipinski definition) is 1. The number of hydrogen-bond acceptors (Lipinski definition) is 4. The summed E-state index contributed by atoms with van der Waals surface area (Å²) >= 11 is 0. The molecule has 1 amide bonds. The minimum atomic E-state index is -2.69. The zero-order valence-corrected chi connectivity index (χ0v) is 13.8. The van der Waals surface area contributed by atoms with Crippen LogP contribution in [0.1, 0.15) is 18.5 Å². The van der Waals surface area contributed by atoms with Crippen LogP contribution in [0.4, 0.5) is 19.1 Å². The lowest BCUT2D eigenvalue weighted by Gasteiger charge is -2.36. The van der Waals surface area contributed by atoms with Crippen LogP contribution in [0.25, 0.3) is 0 Å². The highest BCUT2D eigenvalue weighted by molar-refractivity contribution is 5.80. The zero-order chi connectivity index (χ0) is 17.9. The van der Waals surface area contributed by atoms with Crippen molar-refractivity contribution in [1.29, 1.82) is 0 Å². The number of halogens is 3. The molecule has 1 aliphatic carbocycles. The molecule has 0 spiro atoms. The Kier molecular flexibility index (Phi) is 3.59. The van der Waals surface area contributed by atoms with Gasteiger partial charge in [-0.25, -0.2) is 13.8 Å². The third-order valence-electron chi connectivity index (χ3n) is 5.55. The van der Waals surface area contributed by atoms with Gasteiger partial charge in [0.1, 0.15) is 0 Å². The minimum Gasteiger partial charge on any atom is -0.342 e. The number of nitrogens with one attached hydrogen (secondary N) is 1. The molecule has 136 valence electrons. The van der Waals surface area contributed by atoms with Gasteiger partial charge in [0, 0.05) is 56.8 Å². The van der Waals surface area contributed by atoms with Crippen LogP contribution in [-0.4, -0.2) is 52.9 Å². The summed E-state index contributed by atoms with van der Waals surface area (Å²) in [6.07, 6.45) is -0.687. The molecule has 0 bridgehead atoms. The number of rotatable bonds is 2. The first-order valence-electron chi connectivity index (χ1n) is 8.41. The second-order valence-electron chi connectivity index (χ2n) is 7.42. The van der Waals surface area contributed by atoms with Crippen molar-refractivity contribution in [3.8, 4) is 0 Å². The van der Waals surface area contributed by atoms with E-state index in [-0.39, 0.29) is 36.3 Å². The van der Waals surface area contributed by atoms with E-state index < -0.39 is 23.2 Å². The first-order valence-corrected chi connectivity index (χ1v) is 8.41. The second kappa shape index (κ2) is 5.47. The Labute approximate surface area is 142 Å². The lowest BCUT2D eigenvalue weighted by atomic mass is 9.80. The fourth-order valence-corrected chi connectivity index (χ4v) is 4.15. The van der Waals surface area contributed by atoms with Crippen molar-refractivity contribution in [2.45, 2.75) is 25.7 Å². The topological polar surface area (TPSA) is 69.3 Å². The van der Waals surface area contributed by atoms with Crippen molar-refractivity contribution < 1.29 is 18.0 Å². The van der Waals surface area contributed by atoms with Gasteiger partial charge in [0.2, 0.25) is 23.6 Å². The van der Waals surface area contributed by atoms with E-state index >= 15 is 0 Å². The van der Waals surface area contributed by atoms with Gasteiger partial charge in [-0.1, -0.05) is 0 Å². The standard InChI is InChI=1S/C16H19F3N4O2/c1-8-12(17)13(24)21-15(20-8)23-6-10-4-22(5-11(10)7-23)14(25)9-2-16(18,19)3-9/h9-11H,2-7H2,1H3,(H,20,21,24). The normalized spacial score (nSPS) is 28.2. The molecule has 1 aromatic rings. The summed E-state index contributed by atoms with van der Waals surface area (Å²) in [5.41, 5.74) is -0.735. The van der Waals surface area contributed by atoms with Gasteiger partial charge in [-0.2, -0.15) is 4.39 Å². The maximum atomic E-state index is 13.4. The molecular formula is C16H19F3N4O2. The van der Waals surface area contributed by atoms with E-state index in [4.69, 9.17) is 0 Å². The molecule has 2 unspecified atom stereocenters. The number of aryl methyl sites for hydroxylation is 1. The van der Waals surface area contributed by atoms with E-state index in [1.54, 1.807) is 4.90 Å². The number of alkyl halides is 2. The van der Waals surface area contributed by atoms with Gasteiger partial charge >= 0.3 is 0 Å². The maximum Gasteiger partial charge on any atom is 0.288 e. The Morgan fingerprint density at radius 2 is 1.80 bits per heavy atom. The second-order valence-corrected chi connectivity index (χ2v) is 7.42. The van der Waals surface area contributed by atoms with E-state index in [0.29, 0.717) is 32.1 Å². The largest absolute Gasteiger partial charge is 0.342 e. The summed E-state index contributed by atoms with van der Waals surface area (Å²) in [5.74, 6) is -3.53. The van der Waals surface area contributed by atoms with Crippen molar-refractivity contribution in [3.63, 3.8) is 0 Å². The highest BCUT2D eigenvalue weighted by atomic mass is 19.3. The van der Waals surface area contributed by atoms with Gasteiger partial charge in [-0.05, 0) is 6.92 Å². The molecule has 1 aromatic heterocycles. The predicted octanol–water partition coefficient (Wildman–Crippen LogP) is 1.16. The number of aromatic amines is 1. The van der Waals surface area contributed by atoms with Gasteiger partial charge in [0.05, 0.1) is 5.69 Å². The van der Waals surface area contributed by atoms with Crippen LogP contribution in [0, 0.1) is 30.5 Å². The molecule has 3 aliphatic rings. The molecule has 6 nitrogen and oxygen atoms in total. The van der Waals surface area contributed by atoms with Crippen LogP contribution >= 0.6 is 0 Å². The molecule has 0 radical (unpaired) electrons. The lowest BCUT2D eigenvalue weighted by molar-refractivity contribution is -0.159. The number of fused-ring (bicyclic) bond motifs is 1. The fraction of sp³-hybridized carbons (Fsp3) is 0.688. The van der Waals surface area contributed by atoms with Crippen LogP contribution in [-0.2, 0) is 4.79 Å². The van der Waals surface area contributed by atoms with E-state index in [1.165, 1.54) is 6.92 Å². The average Bonchev–Trinajstić information content (AvgIpc) is 3.07. The molecule has 1 saturated carbocycles. The summed E-state index contributed by atoms with van der Waals surface area (Å²) in [5, 5.41) is 0. The quantitative estimate of drug-likeness (QED) is 0.863. The summed E-state index contributed by atoms with van der Waals surface area (Å²) in [4.78, 5) is 34.0. The molecule has 3 heterocycles. The van der Waals surface area contributed by atoms with Gasteiger partial charge in [-0.3, -0.25) is 14.6 Å². The Morgan fingerprint density at radius 3 is 2.32 bits per heavy atom. The molecule has 2 saturated heterocycles. The van der Waals surface area contributed by atoms with Gasteiger partial charge < -0.3 is 9.80 Å². The third kappa shape index (κ3) is 2.79. The van der Waals surface area contributed by atoms with Crippen LogP contribution in [0.2, 0.25) is 0 Å². The van der Waals surface area contributed by atoms with Crippen LogP contribution in [0.3, 0.4) is 0 Å². The lowest BCUT2D eigenvalue weighted by Crippen LogP contribution is -2.46. The molecule has 2 atom stereocenters. The molecule has 3 fully saturated rings. The van der Waals surface area contributed by atoms with Gasteiger partial charge in [0.15, 0.2) is 0 Å². The summed E-state index contributed by atoms with van der Waals surface area (Å²) in [6, 6.07) is 0. The molecule has 9 heteroatoms.